The lowest BCUT2D eigenvalue weighted by atomic mass is 10.3. The minimum Gasteiger partial charge on any atom is -0.422 e. The first-order valence-corrected chi connectivity index (χ1v) is 5.50. The Hall–Kier alpha value is -1.33. The van der Waals surface area contributed by atoms with Gasteiger partial charge in [-0.05, 0) is 12.1 Å². The van der Waals surface area contributed by atoms with Gasteiger partial charge in [-0.2, -0.15) is 0 Å². The smallest absolute Gasteiger partial charge is 0.363 e. The first kappa shape index (κ1) is 10.2. The molecule has 0 fully saturated rings. The van der Waals surface area contributed by atoms with E-state index in [2.05, 4.69) is 17.6 Å². The summed E-state index contributed by atoms with van der Waals surface area (Å²) in [6.07, 6.45) is 0. The SMILES string of the molecule is O=C(Oc1ccccc1)c1csc(S)n1. The average molecular weight is 237 g/mol. The highest BCUT2D eigenvalue weighted by atomic mass is 32.2. The molecule has 0 amide bonds. The lowest BCUT2D eigenvalue weighted by Gasteiger charge is -2.00. The summed E-state index contributed by atoms with van der Waals surface area (Å²) in [7, 11) is 0. The standard InChI is InChI=1S/C10H7NO2S2/c12-9(8-6-15-10(14)11-8)13-7-4-2-1-3-5-7/h1-6H,(H,11,14). The maximum absolute atomic E-state index is 11.5. The maximum atomic E-state index is 11.5. The van der Waals surface area contributed by atoms with Crippen molar-refractivity contribution in [3.8, 4) is 5.75 Å². The molecule has 0 saturated heterocycles. The molecule has 0 radical (unpaired) electrons. The van der Waals surface area contributed by atoms with Gasteiger partial charge < -0.3 is 4.74 Å². The Bertz CT molecular complexity index is 467. The zero-order valence-electron chi connectivity index (χ0n) is 7.58. The van der Waals surface area contributed by atoms with Gasteiger partial charge in [-0.1, -0.05) is 18.2 Å². The van der Waals surface area contributed by atoms with Gasteiger partial charge in [0, 0.05) is 5.38 Å². The van der Waals surface area contributed by atoms with Crippen molar-refractivity contribution in [3.05, 3.63) is 41.4 Å². The Morgan fingerprint density at radius 1 is 1.33 bits per heavy atom. The quantitative estimate of drug-likeness (QED) is 0.496. The lowest BCUT2D eigenvalue weighted by molar-refractivity contribution is 0.0729. The number of aromatic nitrogens is 1. The number of para-hydroxylation sites is 1. The van der Waals surface area contributed by atoms with Gasteiger partial charge in [0.1, 0.15) is 10.1 Å². The molecule has 0 aliphatic heterocycles. The third-order valence-corrected chi connectivity index (χ3v) is 2.71. The summed E-state index contributed by atoms with van der Waals surface area (Å²) in [5.41, 5.74) is 0.286. The van der Waals surface area contributed by atoms with Crippen LogP contribution in [0, 0.1) is 0 Å². The van der Waals surface area contributed by atoms with Crippen molar-refractivity contribution in [1.82, 2.24) is 4.98 Å². The van der Waals surface area contributed by atoms with E-state index in [1.165, 1.54) is 11.3 Å². The number of carbonyl (C=O) groups excluding carboxylic acids is 1. The van der Waals surface area contributed by atoms with Crippen molar-refractivity contribution in [2.75, 3.05) is 0 Å². The van der Waals surface area contributed by atoms with Crippen molar-refractivity contribution in [2.24, 2.45) is 0 Å². The van der Waals surface area contributed by atoms with E-state index in [0.717, 1.165) is 0 Å². The molecule has 0 aliphatic rings. The predicted octanol–water partition coefficient (Wildman–Crippen LogP) is 2.65. The second-order valence-corrected chi connectivity index (χ2v) is 4.30. The number of hydrogen-bond donors (Lipinski definition) is 1. The topological polar surface area (TPSA) is 39.2 Å². The molecule has 0 saturated carbocycles. The zero-order valence-corrected chi connectivity index (χ0v) is 9.29. The van der Waals surface area contributed by atoms with Crippen molar-refractivity contribution in [1.29, 1.82) is 0 Å². The monoisotopic (exact) mass is 237 g/mol. The van der Waals surface area contributed by atoms with Gasteiger partial charge in [-0.15, -0.1) is 24.0 Å². The van der Waals surface area contributed by atoms with Crippen LogP contribution in [0.1, 0.15) is 10.5 Å². The molecule has 2 rings (SSSR count). The molecular formula is C10H7NO2S2. The summed E-state index contributed by atoms with van der Waals surface area (Å²) in [6, 6.07) is 8.88. The Balaban J connectivity index is 2.11. The highest BCUT2D eigenvalue weighted by molar-refractivity contribution is 7.82. The molecule has 1 heterocycles. The molecule has 1 aromatic carbocycles. The van der Waals surface area contributed by atoms with Gasteiger partial charge in [-0.25, -0.2) is 9.78 Å². The molecule has 5 heteroatoms. The molecule has 3 nitrogen and oxygen atoms in total. The summed E-state index contributed by atoms with van der Waals surface area (Å²) in [4.78, 5) is 15.4. The molecular weight excluding hydrogens is 230 g/mol. The van der Waals surface area contributed by atoms with Crippen molar-refractivity contribution >= 4 is 29.9 Å². The Kier molecular flexibility index (Phi) is 3.03. The van der Waals surface area contributed by atoms with E-state index in [9.17, 15) is 4.79 Å². The van der Waals surface area contributed by atoms with Crippen LogP contribution in [0.3, 0.4) is 0 Å². The van der Waals surface area contributed by atoms with Gasteiger partial charge in [0.25, 0.3) is 0 Å². The van der Waals surface area contributed by atoms with E-state index in [1.807, 2.05) is 6.07 Å². The number of esters is 1. The number of rotatable bonds is 2. The van der Waals surface area contributed by atoms with E-state index in [-0.39, 0.29) is 5.69 Å². The largest absolute Gasteiger partial charge is 0.422 e. The van der Waals surface area contributed by atoms with Crippen LogP contribution in [0.4, 0.5) is 0 Å². The highest BCUT2D eigenvalue weighted by Gasteiger charge is 2.11. The van der Waals surface area contributed by atoms with Crippen LogP contribution >= 0.6 is 24.0 Å². The normalized spacial score (nSPS) is 9.93. The van der Waals surface area contributed by atoms with Crippen LogP contribution in [0.2, 0.25) is 0 Å². The van der Waals surface area contributed by atoms with Crippen LogP contribution in [0.25, 0.3) is 0 Å². The summed E-state index contributed by atoms with van der Waals surface area (Å²) in [5.74, 6) is 0.0500. The van der Waals surface area contributed by atoms with Gasteiger partial charge in [0.2, 0.25) is 0 Å². The van der Waals surface area contributed by atoms with Crippen LogP contribution < -0.4 is 4.74 Å². The first-order chi connectivity index (χ1) is 7.25. The van der Waals surface area contributed by atoms with E-state index in [1.54, 1.807) is 29.6 Å². The molecule has 0 unspecified atom stereocenters. The van der Waals surface area contributed by atoms with Crippen molar-refractivity contribution in [2.45, 2.75) is 4.34 Å². The number of hydrogen-bond acceptors (Lipinski definition) is 5. The van der Waals surface area contributed by atoms with Gasteiger partial charge in [-0.3, -0.25) is 0 Å². The minimum absolute atomic E-state index is 0.286. The third-order valence-electron chi connectivity index (χ3n) is 1.65. The molecule has 0 aliphatic carbocycles. The van der Waals surface area contributed by atoms with Crippen LogP contribution in [0.5, 0.6) is 5.75 Å². The third kappa shape index (κ3) is 2.57. The Labute approximate surface area is 96.1 Å². The Morgan fingerprint density at radius 2 is 2.07 bits per heavy atom. The van der Waals surface area contributed by atoms with Crippen molar-refractivity contribution in [3.63, 3.8) is 0 Å². The number of thiazole rings is 1. The number of nitrogens with zero attached hydrogens (tertiary/aromatic N) is 1. The second-order valence-electron chi connectivity index (χ2n) is 2.72. The Morgan fingerprint density at radius 3 is 2.67 bits per heavy atom. The number of carbonyl (C=O) groups is 1. The van der Waals surface area contributed by atoms with Crippen molar-refractivity contribution < 1.29 is 9.53 Å². The summed E-state index contributed by atoms with van der Waals surface area (Å²) >= 11 is 5.32. The van der Waals surface area contributed by atoms with Crippen LogP contribution in [-0.2, 0) is 0 Å². The maximum Gasteiger partial charge on any atom is 0.363 e. The molecule has 0 bridgehead atoms. The van der Waals surface area contributed by atoms with Gasteiger partial charge in [0.05, 0.1) is 0 Å². The minimum atomic E-state index is -0.460. The summed E-state index contributed by atoms with van der Waals surface area (Å²) < 4.78 is 5.64. The number of benzene rings is 1. The molecule has 1 aromatic heterocycles. The van der Waals surface area contributed by atoms with E-state index in [0.29, 0.717) is 10.1 Å². The van der Waals surface area contributed by atoms with Gasteiger partial charge >= 0.3 is 5.97 Å². The molecule has 76 valence electrons. The second kappa shape index (κ2) is 4.46. The van der Waals surface area contributed by atoms with Gasteiger partial charge in [0.15, 0.2) is 5.69 Å². The lowest BCUT2D eigenvalue weighted by Crippen LogP contribution is -2.08. The average Bonchev–Trinajstić information content (AvgIpc) is 2.66. The first-order valence-electron chi connectivity index (χ1n) is 4.17. The van der Waals surface area contributed by atoms with Crippen LogP contribution in [0.15, 0.2) is 40.1 Å². The number of ether oxygens (including phenoxy) is 1. The fourth-order valence-electron chi connectivity index (χ4n) is 1.01. The number of thiol groups is 1. The molecule has 0 atom stereocenters. The molecule has 0 spiro atoms. The summed E-state index contributed by atoms with van der Waals surface area (Å²) in [6.45, 7) is 0. The van der Waals surface area contributed by atoms with E-state index < -0.39 is 5.97 Å². The molecule has 0 N–H and O–H groups in total. The summed E-state index contributed by atoms with van der Waals surface area (Å²) in [5, 5.41) is 1.62. The fraction of sp³-hybridized carbons (Fsp3) is 0. The van der Waals surface area contributed by atoms with E-state index in [4.69, 9.17) is 4.74 Å². The predicted molar refractivity (Wildman–Crippen MR) is 60.8 cm³/mol. The molecule has 15 heavy (non-hydrogen) atoms. The fourth-order valence-corrected chi connectivity index (χ4v) is 1.79. The van der Waals surface area contributed by atoms with Crippen LogP contribution in [-0.4, -0.2) is 11.0 Å². The molecule has 2 aromatic rings. The van der Waals surface area contributed by atoms with E-state index >= 15 is 0 Å². The zero-order chi connectivity index (χ0) is 10.7. The highest BCUT2D eigenvalue weighted by Crippen LogP contribution is 2.16.